The van der Waals surface area contributed by atoms with Gasteiger partial charge in [0.05, 0.1) is 40.1 Å². The van der Waals surface area contributed by atoms with Crippen molar-refractivity contribution in [1.29, 1.82) is 5.26 Å². The maximum absolute atomic E-state index is 12.9. The quantitative estimate of drug-likeness (QED) is 0.225. The van der Waals surface area contributed by atoms with E-state index in [0.29, 0.717) is 15.7 Å². The number of hydrogen-bond acceptors (Lipinski definition) is 8. The van der Waals surface area contributed by atoms with Crippen LogP contribution >= 0.6 is 27.7 Å². The van der Waals surface area contributed by atoms with Gasteiger partial charge in [-0.1, -0.05) is 41.6 Å². The molecule has 12 heteroatoms. The number of carbonyl (C=O) groups is 3. The molecule has 0 spiro atoms. The van der Waals surface area contributed by atoms with E-state index < -0.39 is 34.5 Å². The van der Waals surface area contributed by atoms with Crippen LogP contribution in [0.3, 0.4) is 0 Å². The Labute approximate surface area is 213 Å². The van der Waals surface area contributed by atoms with Crippen molar-refractivity contribution in [2.75, 3.05) is 18.2 Å². The Morgan fingerprint density at radius 3 is 2.54 bits per heavy atom. The molecule has 0 fully saturated rings. The van der Waals surface area contributed by atoms with Crippen LogP contribution in [0.15, 0.2) is 57.5 Å². The van der Waals surface area contributed by atoms with Gasteiger partial charge in [-0.15, -0.1) is 0 Å². The van der Waals surface area contributed by atoms with Crippen LogP contribution in [0.5, 0.6) is 0 Å². The lowest BCUT2D eigenvalue weighted by Gasteiger charge is -2.31. The molecular formula is C23H19BrN4O6S. The van der Waals surface area contributed by atoms with Gasteiger partial charge in [-0.3, -0.25) is 24.5 Å². The summed E-state index contributed by atoms with van der Waals surface area (Å²) in [7, 11) is 1.17. The van der Waals surface area contributed by atoms with Crippen molar-refractivity contribution in [3.63, 3.8) is 0 Å². The van der Waals surface area contributed by atoms with E-state index in [2.05, 4.69) is 32.6 Å². The minimum atomic E-state index is -1.26. The number of nitriles is 1. The molecule has 0 aliphatic carbocycles. The average Bonchev–Trinajstić information content (AvgIpc) is 2.83. The van der Waals surface area contributed by atoms with Crippen LogP contribution in [0, 0.1) is 34.3 Å². The number of esters is 1. The van der Waals surface area contributed by atoms with Gasteiger partial charge in [0.25, 0.3) is 5.69 Å². The van der Waals surface area contributed by atoms with Gasteiger partial charge in [-0.25, -0.2) is 0 Å². The molecule has 0 aromatic heterocycles. The zero-order valence-electron chi connectivity index (χ0n) is 18.5. The summed E-state index contributed by atoms with van der Waals surface area (Å²) in [6, 6.07) is 13.1. The monoisotopic (exact) mass is 558 g/mol. The molecule has 1 heterocycles. The Morgan fingerprint density at radius 2 is 1.97 bits per heavy atom. The number of halogens is 1. The SMILES string of the molecule is COC(=O)[C@@H]1C(=O)NC(SCC(=O)Nc2ccc([N+](=O)[O-])cc2Br)=C(C#N)[C@@H]1c1ccc(C)cc1. The van der Waals surface area contributed by atoms with Gasteiger partial charge in [0.15, 0.2) is 0 Å². The van der Waals surface area contributed by atoms with Crippen LogP contribution in [0.2, 0.25) is 0 Å². The molecule has 1 aliphatic rings. The molecule has 0 bridgehead atoms. The van der Waals surface area contributed by atoms with Gasteiger partial charge in [0.1, 0.15) is 5.92 Å². The number of nitrogens with zero attached hydrogens (tertiary/aromatic N) is 2. The Balaban J connectivity index is 1.86. The third-order valence-corrected chi connectivity index (χ3v) is 6.88. The summed E-state index contributed by atoms with van der Waals surface area (Å²) in [6.45, 7) is 1.89. The lowest BCUT2D eigenvalue weighted by Crippen LogP contribution is -2.44. The van der Waals surface area contributed by atoms with E-state index in [1.165, 1.54) is 25.3 Å². The number of amides is 2. The van der Waals surface area contributed by atoms with Crippen LogP contribution in [0.25, 0.3) is 0 Å². The van der Waals surface area contributed by atoms with E-state index in [-0.39, 0.29) is 22.0 Å². The number of nitrogens with one attached hydrogen (secondary N) is 2. The van der Waals surface area contributed by atoms with Crippen LogP contribution in [-0.2, 0) is 19.1 Å². The molecule has 2 aromatic rings. The summed E-state index contributed by atoms with van der Waals surface area (Å²) in [5.41, 5.74) is 1.88. The fraction of sp³-hybridized carbons (Fsp3) is 0.217. The predicted octanol–water partition coefficient (Wildman–Crippen LogP) is 3.78. The van der Waals surface area contributed by atoms with E-state index in [9.17, 15) is 29.8 Å². The number of methoxy groups -OCH3 is 1. The number of hydrogen-bond donors (Lipinski definition) is 2. The van der Waals surface area contributed by atoms with Crippen molar-refractivity contribution < 1.29 is 24.0 Å². The minimum absolute atomic E-state index is 0.137. The number of anilines is 1. The molecule has 0 saturated heterocycles. The third kappa shape index (κ3) is 5.87. The van der Waals surface area contributed by atoms with Gasteiger partial charge in [-0.2, -0.15) is 5.26 Å². The van der Waals surface area contributed by atoms with Crippen molar-refractivity contribution in [2.24, 2.45) is 5.92 Å². The van der Waals surface area contributed by atoms with Crippen molar-refractivity contribution in [3.05, 3.63) is 78.8 Å². The van der Waals surface area contributed by atoms with E-state index >= 15 is 0 Å². The predicted molar refractivity (Wildman–Crippen MR) is 132 cm³/mol. The number of thioether (sulfide) groups is 1. The van der Waals surface area contributed by atoms with E-state index in [0.717, 1.165) is 17.3 Å². The zero-order chi connectivity index (χ0) is 25.7. The minimum Gasteiger partial charge on any atom is -0.468 e. The second-order valence-electron chi connectivity index (χ2n) is 7.49. The standard InChI is InChI=1S/C23H19BrN4O6S/c1-12-3-5-13(6-4-12)19-15(10-25)22(27-21(30)20(19)23(31)34-2)35-11-18(29)26-17-8-7-14(28(32)33)9-16(17)24/h3-9,19-20H,11H2,1-2H3,(H,26,29)(H,27,30)/t19-,20-/m0/s1. The fourth-order valence-corrected chi connectivity index (χ4v) is 4.81. The van der Waals surface area contributed by atoms with Crippen LogP contribution in [0.1, 0.15) is 17.0 Å². The first-order valence-corrected chi connectivity index (χ1v) is 11.9. The summed E-state index contributed by atoms with van der Waals surface area (Å²) in [4.78, 5) is 48.1. The Kier molecular flexibility index (Phi) is 8.26. The van der Waals surface area contributed by atoms with Gasteiger partial charge in [0.2, 0.25) is 11.8 Å². The fourth-order valence-electron chi connectivity index (χ4n) is 3.50. The summed E-state index contributed by atoms with van der Waals surface area (Å²) < 4.78 is 5.14. The summed E-state index contributed by atoms with van der Waals surface area (Å²) >= 11 is 4.12. The molecule has 10 nitrogen and oxygen atoms in total. The number of rotatable bonds is 7. The molecule has 0 saturated carbocycles. The lowest BCUT2D eigenvalue weighted by molar-refractivity contribution is -0.384. The number of nitro benzene ring substituents is 1. The van der Waals surface area contributed by atoms with Gasteiger partial charge < -0.3 is 15.4 Å². The number of non-ortho nitro benzene ring substituents is 1. The first-order valence-electron chi connectivity index (χ1n) is 10.1. The number of ether oxygens (including phenoxy) is 1. The van der Waals surface area contributed by atoms with Crippen molar-refractivity contribution in [2.45, 2.75) is 12.8 Å². The summed E-state index contributed by atoms with van der Waals surface area (Å²) in [5.74, 6) is -4.19. The van der Waals surface area contributed by atoms with Gasteiger partial charge >= 0.3 is 5.97 Å². The zero-order valence-corrected chi connectivity index (χ0v) is 20.9. The van der Waals surface area contributed by atoms with E-state index in [4.69, 9.17) is 4.74 Å². The molecule has 2 amide bonds. The molecule has 180 valence electrons. The second-order valence-corrected chi connectivity index (χ2v) is 9.33. The van der Waals surface area contributed by atoms with Crippen LogP contribution in [0.4, 0.5) is 11.4 Å². The first kappa shape index (κ1) is 25.9. The Bertz CT molecular complexity index is 1270. The summed E-state index contributed by atoms with van der Waals surface area (Å²) in [6.07, 6.45) is 0. The van der Waals surface area contributed by atoms with E-state index in [1.807, 2.05) is 19.1 Å². The number of benzene rings is 2. The van der Waals surface area contributed by atoms with Crippen LogP contribution < -0.4 is 10.6 Å². The summed E-state index contributed by atoms with van der Waals surface area (Å²) in [5, 5.41) is 26.2. The maximum atomic E-state index is 12.9. The maximum Gasteiger partial charge on any atom is 0.319 e. The molecule has 2 atom stereocenters. The number of carbonyl (C=O) groups excluding carboxylic acids is 3. The lowest BCUT2D eigenvalue weighted by atomic mass is 9.78. The highest BCUT2D eigenvalue weighted by Crippen LogP contribution is 2.40. The Morgan fingerprint density at radius 1 is 1.29 bits per heavy atom. The highest BCUT2D eigenvalue weighted by molar-refractivity contribution is 9.10. The number of allylic oxidation sites excluding steroid dienone is 1. The molecule has 2 aromatic carbocycles. The second kappa shape index (κ2) is 11.2. The smallest absolute Gasteiger partial charge is 0.319 e. The van der Waals surface area contributed by atoms with E-state index in [1.54, 1.807) is 12.1 Å². The van der Waals surface area contributed by atoms with Crippen molar-refractivity contribution in [1.82, 2.24) is 5.32 Å². The highest BCUT2D eigenvalue weighted by atomic mass is 79.9. The topological polar surface area (TPSA) is 151 Å². The number of nitro groups is 1. The first-order chi connectivity index (χ1) is 16.7. The van der Waals surface area contributed by atoms with Crippen molar-refractivity contribution in [3.8, 4) is 6.07 Å². The molecule has 0 unspecified atom stereocenters. The molecule has 35 heavy (non-hydrogen) atoms. The molecular weight excluding hydrogens is 540 g/mol. The average molecular weight is 559 g/mol. The van der Waals surface area contributed by atoms with Crippen molar-refractivity contribution >= 4 is 56.9 Å². The highest BCUT2D eigenvalue weighted by Gasteiger charge is 2.44. The number of aryl methyl sites for hydroxylation is 1. The Hall–Kier alpha value is -3.69. The van der Waals surface area contributed by atoms with Crippen LogP contribution in [-0.4, -0.2) is 35.6 Å². The normalized spacial score (nSPS) is 17.3. The van der Waals surface area contributed by atoms with Gasteiger partial charge in [0, 0.05) is 22.5 Å². The van der Waals surface area contributed by atoms with Gasteiger partial charge in [-0.05, 0) is 34.5 Å². The largest absolute Gasteiger partial charge is 0.468 e. The third-order valence-electron chi connectivity index (χ3n) is 5.21. The molecule has 0 radical (unpaired) electrons. The molecule has 2 N–H and O–H groups in total. The molecule has 1 aliphatic heterocycles. The molecule has 3 rings (SSSR count).